The van der Waals surface area contributed by atoms with Gasteiger partial charge in [-0.1, -0.05) is 19.1 Å². The van der Waals surface area contributed by atoms with Crippen molar-refractivity contribution in [3.8, 4) is 0 Å². The zero-order valence-electron chi connectivity index (χ0n) is 8.04. The lowest BCUT2D eigenvalue weighted by Crippen LogP contribution is -2.04. The molecule has 0 aliphatic heterocycles. The maximum atomic E-state index is 11.6. The van der Waals surface area contributed by atoms with E-state index in [0.29, 0.717) is 6.42 Å². The number of hydrogen-bond acceptors (Lipinski definition) is 2. The molecule has 0 aromatic carbocycles. The number of carbonyl (C=O) groups excluding carboxylic acids is 1. The van der Waals surface area contributed by atoms with Crippen LogP contribution in [0.2, 0.25) is 0 Å². The van der Waals surface area contributed by atoms with Crippen LogP contribution in [0.25, 0.3) is 0 Å². The zero-order valence-corrected chi connectivity index (χ0v) is 8.86. The molecule has 1 aromatic heterocycles. The van der Waals surface area contributed by atoms with E-state index in [1.807, 2.05) is 37.4 Å². The first-order valence-electron chi connectivity index (χ1n) is 4.48. The minimum Gasteiger partial charge on any atom is -0.294 e. The number of rotatable bonds is 4. The van der Waals surface area contributed by atoms with Crippen LogP contribution >= 0.6 is 11.3 Å². The molecule has 0 saturated heterocycles. The zero-order chi connectivity index (χ0) is 9.68. The van der Waals surface area contributed by atoms with Crippen molar-refractivity contribution in [2.45, 2.75) is 26.7 Å². The molecule has 0 amide bonds. The van der Waals surface area contributed by atoms with Gasteiger partial charge in [0.05, 0.1) is 0 Å². The van der Waals surface area contributed by atoms with Gasteiger partial charge in [0.1, 0.15) is 0 Å². The summed E-state index contributed by atoms with van der Waals surface area (Å²) in [6.07, 6.45) is 3.31. The largest absolute Gasteiger partial charge is 0.294 e. The van der Waals surface area contributed by atoms with Crippen LogP contribution in [0.15, 0.2) is 29.2 Å². The molecule has 13 heavy (non-hydrogen) atoms. The molecule has 2 heteroatoms. The van der Waals surface area contributed by atoms with Crippen LogP contribution in [-0.2, 0) is 11.2 Å². The minimum absolute atomic E-state index is 0.257. The summed E-state index contributed by atoms with van der Waals surface area (Å²) in [6.45, 7) is 3.94. The van der Waals surface area contributed by atoms with Gasteiger partial charge in [0.15, 0.2) is 5.78 Å². The SMILES string of the molecule is C/C=C(/CC)C(=O)Cc1cccs1. The van der Waals surface area contributed by atoms with Crippen molar-refractivity contribution in [3.05, 3.63) is 34.0 Å². The van der Waals surface area contributed by atoms with Crippen molar-refractivity contribution in [2.75, 3.05) is 0 Å². The van der Waals surface area contributed by atoms with Gasteiger partial charge in [-0.3, -0.25) is 4.79 Å². The van der Waals surface area contributed by atoms with Crippen molar-refractivity contribution in [2.24, 2.45) is 0 Å². The summed E-state index contributed by atoms with van der Waals surface area (Å²) >= 11 is 1.64. The van der Waals surface area contributed by atoms with Crippen molar-refractivity contribution in [1.29, 1.82) is 0 Å². The highest BCUT2D eigenvalue weighted by molar-refractivity contribution is 7.10. The Morgan fingerprint density at radius 3 is 2.85 bits per heavy atom. The number of carbonyl (C=O) groups is 1. The van der Waals surface area contributed by atoms with Gasteiger partial charge in [-0.25, -0.2) is 0 Å². The minimum atomic E-state index is 0.257. The van der Waals surface area contributed by atoms with Gasteiger partial charge in [-0.05, 0) is 30.4 Å². The average molecular weight is 194 g/mol. The smallest absolute Gasteiger partial charge is 0.163 e. The van der Waals surface area contributed by atoms with E-state index in [0.717, 1.165) is 16.9 Å². The Hall–Kier alpha value is -0.890. The van der Waals surface area contributed by atoms with Crippen LogP contribution in [0.3, 0.4) is 0 Å². The van der Waals surface area contributed by atoms with E-state index >= 15 is 0 Å². The molecule has 0 atom stereocenters. The van der Waals surface area contributed by atoms with E-state index in [-0.39, 0.29) is 5.78 Å². The molecule has 1 aromatic rings. The maximum Gasteiger partial charge on any atom is 0.163 e. The third-order valence-corrected chi connectivity index (χ3v) is 2.88. The van der Waals surface area contributed by atoms with Crippen molar-refractivity contribution in [1.82, 2.24) is 0 Å². The lowest BCUT2D eigenvalue weighted by molar-refractivity contribution is -0.115. The van der Waals surface area contributed by atoms with Crippen molar-refractivity contribution in [3.63, 3.8) is 0 Å². The third-order valence-electron chi connectivity index (χ3n) is 2.00. The molecule has 0 bridgehead atoms. The van der Waals surface area contributed by atoms with Gasteiger partial charge < -0.3 is 0 Å². The molecule has 1 nitrogen and oxygen atoms in total. The highest BCUT2D eigenvalue weighted by Gasteiger charge is 2.07. The monoisotopic (exact) mass is 194 g/mol. The van der Waals surface area contributed by atoms with Crippen LogP contribution in [0.5, 0.6) is 0 Å². The molecular weight excluding hydrogens is 180 g/mol. The standard InChI is InChI=1S/C11H14OS/c1-3-9(4-2)11(12)8-10-6-5-7-13-10/h3,5-7H,4,8H2,1-2H3/b9-3-. The summed E-state index contributed by atoms with van der Waals surface area (Å²) in [5.74, 6) is 0.257. The molecule has 70 valence electrons. The lowest BCUT2D eigenvalue weighted by Gasteiger charge is -2.00. The molecule has 1 rings (SSSR count). The van der Waals surface area contributed by atoms with Gasteiger partial charge in [-0.15, -0.1) is 11.3 Å². The lowest BCUT2D eigenvalue weighted by atomic mass is 10.1. The summed E-state index contributed by atoms with van der Waals surface area (Å²) in [5, 5.41) is 2.00. The van der Waals surface area contributed by atoms with E-state index in [4.69, 9.17) is 0 Å². The van der Waals surface area contributed by atoms with E-state index < -0.39 is 0 Å². The highest BCUT2D eigenvalue weighted by atomic mass is 32.1. The molecule has 0 aliphatic carbocycles. The third kappa shape index (κ3) is 2.81. The van der Waals surface area contributed by atoms with Crippen LogP contribution in [-0.4, -0.2) is 5.78 Å². The van der Waals surface area contributed by atoms with Gasteiger partial charge in [0, 0.05) is 11.3 Å². The highest BCUT2D eigenvalue weighted by Crippen LogP contribution is 2.13. The summed E-state index contributed by atoms with van der Waals surface area (Å²) < 4.78 is 0. The van der Waals surface area contributed by atoms with E-state index in [2.05, 4.69) is 0 Å². The molecule has 1 heterocycles. The summed E-state index contributed by atoms with van der Waals surface area (Å²) in [4.78, 5) is 12.8. The molecule has 0 fully saturated rings. The van der Waals surface area contributed by atoms with Gasteiger partial charge >= 0.3 is 0 Å². The van der Waals surface area contributed by atoms with E-state index in [9.17, 15) is 4.79 Å². The first-order valence-corrected chi connectivity index (χ1v) is 5.36. The molecule has 0 unspecified atom stereocenters. The first-order chi connectivity index (χ1) is 6.27. The number of thiophene rings is 1. The molecule has 0 spiro atoms. The quantitative estimate of drug-likeness (QED) is 0.673. The fourth-order valence-electron chi connectivity index (χ4n) is 1.25. The fraction of sp³-hybridized carbons (Fsp3) is 0.364. The first kappa shape index (κ1) is 10.2. The Bertz CT molecular complexity index is 296. The fourth-order valence-corrected chi connectivity index (χ4v) is 1.95. The van der Waals surface area contributed by atoms with Crippen LogP contribution in [0.4, 0.5) is 0 Å². The molecule has 0 aliphatic rings. The maximum absolute atomic E-state index is 11.6. The van der Waals surface area contributed by atoms with Gasteiger partial charge in [0.25, 0.3) is 0 Å². The summed E-state index contributed by atoms with van der Waals surface area (Å²) in [7, 11) is 0. The Balaban J connectivity index is 2.60. The molecule has 0 radical (unpaired) electrons. The summed E-state index contributed by atoms with van der Waals surface area (Å²) in [5.41, 5.74) is 0.938. The Morgan fingerprint density at radius 2 is 2.38 bits per heavy atom. The second-order valence-electron chi connectivity index (χ2n) is 2.85. The Morgan fingerprint density at radius 1 is 1.62 bits per heavy atom. The molecule has 0 N–H and O–H groups in total. The Kier molecular flexibility index (Phi) is 3.90. The topological polar surface area (TPSA) is 17.1 Å². The number of Topliss-reactive ketones (excluding diaryl/α,β-unsaturated/α-hetero) is 1. The molecular formula is C11H14OS. The second kappa shape index (κ2) is 4.97. The normalized spacial score (nSPS) is 11.7. The summed E-state index contributed by atoms with van der Waals surface area (Å²) in [6, 6.07) is 3.99. The van der Waals surface area contributed by atoms with Crippen LogP contribution in [0.1, 0.15) is 25.1 Å². The number of allylic oxidation sites excluding steroid dienone is 2. The van der Waals surface area contributed by atoms with Crippen LogP contribution in [0, 0.1) is 0 Å². The number of hydrogen-bond donors (Lipinski definition) is 0. The van der Waals surface area contributed by atoms with Crippen LogP contribution < -0.4 is 0 Å². The number of ketones is 1. The van der Waals surface area contributed by atoms with Gasteiger partial charge in [-0.2, -0.15) is 0 Å². The average Bonchev–Trinajstić information content (AvgIpc) is 2.59. The predicted octanol–water partition coefficient (Wildman–Crippen LogP) is 3.22. The van der Waals surface area contributed by atoms with E-state index in [1.165, 1.54) is 0 Å². The Labute approximate surface area is 83.1 Å². The molecule has 0 saturated carbocycles. The second-order valence-corrected chi connectivity index (χ2v) is 3.88. The van der Waals surface area contributed by atoms with Crippen molar-refractivity contribution >= 4 is 17.1 Å². The predicted molar refractivity (Wildman–Crippen MR) is 57.1 cm³/mol. The van der Waals surface area contributed by atoms with Crippen molar-refractivity contribution < 1.29 is 4.79 Å². The van der Waals surface area contributed by atoms with E-state index in [1.54, 1.807) is 11.3 Å². The van der Waals surface area contributed by atoms with Gasteiger partial charge in [0.2, 0.25) is 0 Å².